The third kappa shape index (κ3) is 6.01. The number of pyridine rings is 1. The number of aromatic nitrogens is 3. The van der Waals surface area contributed by atoms with Gasteiger partial charge in [-0.3, -0.25) is 4.79 Å². The third-order valence-electron chi connectivity index (χ3n) is 5.54. The van der Waals surface area contributed by atoms with Crippen molar-refractivity contribution in [3.63, 3.8) is 0 Å². The predicted molar refractivity (Wildman–Crippen MR) is 146 cm³/mol. The summed E-state index contributed by atoms with van der Waals surface area (Å²) in [4.78, 5) is 21.8. The molecule has 0 aliphatic heterocycles. The number of aryl methyl sites for hydroxylation is 1. The van der Waals surface area contributed by atoms with Crippen molar-refractivity contribution in [3.8, 4) is 11.1 Å². The fourth-order valence-electron chi connectivity index (χ4n) is 3.75. The summed E-state index contributed by atoms with van der Waals surface area (Å²) in [6, 6.07) is 22.0. The van der Waals surface area contributed by atoms with Crippen LogP contribution in [0.15, 0.2) is 80.8 Å². The van der Waals surface area contributed by atoms with Crippen molar-refractivity contribution in [2.75, 3.05) is 0 Å². The van der Waals surface area contributed by atoms with Crippen LogP contribution >= 0.6 is 38.9 Å². The van der Waals surface area contributed by atoms with Crippen molar-refractivity contribution in [2.45, 2.75) is 17.7 Å². The molecule has 1 N–H and O–H groups in total. The van der Waals surface area contributed by atoms with Crippen molar-refractivity contribution in [2.24, 2.45) is 0 Å². The zero-order valence-corrected chi connectivity index (χ0v) is 25.7. The van der Waals surface area contributed by atoms with Gasteiger partial charge in [-0.25, -0.2) is 23.1 Å². The number of benzene rings is 2. The molecule has 3 heterocycles. The van der Waals surface area contributed by atoms with Crippen LogP contribution in [0.4, 0.5) is 0 Å². The number of halogens is 2. The monoisotopic (exact) mass is 624 g/mol. The van der Waals surface area contributed by atoms with Crippen LogP contribution in [0.25, 0.3) is 22.3 Å². The maximum absolute atomic E-state index is 12.8. The second-order valence-electron chi connectivity index (χ2n) is 7.95. The zero-order chi connectivity index (χ0) is 25.4. The van der Waals surface area contributed by atoms with Crippen LogP contribution in [0.2, 0.25) is 5.02 Å². The van der Waals surface area contributed by atoms with Gasteiger partial charge in [-0.2, -0.15) is 0 Å². The number of nitrogens with zero attached hydrogens (tertiary/aromatic N) is 3. The van der Waals surface area contributed by atoms with E-state index in [0.717, 1.165) is 28.0 Å². The molecule has 0 atom stereocenters. The van der Waals surface area contributed by atoms with Crippen LogP contribution in [0.3, 0.4) is 0 Å². The van der Waals surface area contributed by atoms with Crippen LogP contribution in [0.5, 0.6) is 0 Å². The Kier molecular flexibility index (Phi) is 8.59. The van der Waals surface area contributed by atoms with E-state index < -0.39 is 15.9 Å². The first-order chi connectivity index (χ1) is 17.2. The van der Waals surface area contributed by atoms with Crippen LogP contribution in [-0.2, 0) is 16.6 Å². The summed E-state index contributed by atoms with van der Waals surface area (Å²) in [6.07, 6.45) is 0. The topological polar surface area (TPSA) is 93.9 Å². The van der Waals surface area contributed by atoms with Gasteiger partial charge in [0.05, 0.1) is 10.3 Å². The van der Waals surface area contributed by atoms with E-state index in [1.54, 1.807) is 12.1 Å². The van der Waals surface area contributed by atoms with Crippen LogP contribution in [0, 0.1) is 6.92 Å². The van der Waals surface area contributed by atoms with E-state index in [4.69, 9.17) is 11.6 Å². The van der Waals surface area contributed by atoms with E-state index in [1.807, 2.05) is 60.0 Å². The first-order valence-corrected chi connectivity index (χ1v) is 14.2. The number of thiophene rings is 1. The summed E-state index contributed by atoms with van der Waals surface area (Å²) in [6.45, 7) is 2.22. The number of nitrogens with one attached hydrogen (secondary N) is 1. The molecule has 0 spiro atoms. The van der Waals surface area contributed by atoms with E-state index in [-0.39, 0.29) is 40.9 Å². The Morgan fingerprint density at radius 3 is 2.49 bits per heavy atom. The van der Waals surface area contributed by atoms with E-state index in [9.17, 15) is 13.2 Å². The average Bonchev–Trinajstić information content (AvgIpc) is 3.43. The SMILES string of the molecule is Cc1nc2ccc(C(=O)NS(=O)(=O)c3ccc(Br)s3)nc2n1Cc1ccc(-c2ccccc2)cc1Cl.[H-].[Na+]. The molecule has 3 aromatic heterocycles. The smallest absolute Gasteiger partial charge is 1.00 e. The van der Waals surface area contributed by atoms with E-state index in [2.05, 4.69) is 30.6 Å². The van der Waals surface area contributed by atoms with Gasteiger partial charge in [0, 0.05) is 5.02 Å². The van der Waals surface area contributed by atoms with E-state index in [1.165, 1.54) is 12.1 Å². The predicted octanol–water partition coefficient (Wildman–Crippen LogP) is 3.17. The largest absolute Gasteiger partial charge is 1.00 e. The van der Waals surface area contributed by atoms with Gasteiger partial charge in [-0.15, -0.1) is 11.3 Å². The van der Waals surface area contributed by atoms with Gasteiger partial charge in [-0.1, -0.05) is 54.1 Å². The minimum atomic E-state index is -4.02. The molecule has 0 saturated carbocycles. The minimum Gasteiger partial charge on any atom is -1.00 e. The fraction of sp³-hybridized carbons (Fsp3) is 0.0800. The summed E-state index contributed by atoms with van der Waals surface area (Å²) in [7, 11) is -4.02. The number of fused-ring (bicyclic) bond motifs is 1. The van der Waals surface area contributed by atoms with Gasteiger partial charge in [0.15, 0.2) is 5.65 Å². The van der Waals surface area contributed by atoms with Crippen LogP contribution in [-0.4, -0.2) is 28.9 Å². The number of carbonyl (C=O) groups is 1. The molecule has 1 amide bonds. The standard InChI is InChI=1S/C25H18BrClN4O3S2.Na.H/c1-15-28-20-9-10-21(25(32)30-36(33,34)23-12-11-22(26)35-23)29-24(20)31(15)14-18-8-7-17(13-19(18)27)16-5-3-2-4-6-16;;/h2-13H,14H2,1H3,(H,30,32);;/q;+1;-1. The van der Waals surface area contributed by atoms with Crippen molar-refractivity contribution < 1.29 is 44.2 Å². The van der Waals surface area contributed by atoms with E-state index in [0.29, 0.717) is 32.3 Å². The van der Waals surface area contributed by atoms with Gasteiger partial charge in [-0.05, 0) is 69.9 Å². The molecule has 0 unspecified atom stereocenters. The number of hydrogen-bond donors (Lipinski definition) is 1. The molecular formula is C25H19BrClN4NaO3S2. The van der Waals surface area contributed by atoms with Gasteiger partial charge in [0.25, 0.3) is 15.9 Å². The molecular weight excluding hydrogens is 607 g/mol. The molecule has 5 rings (SSSR count). The number of imidazole rings is 1. The normalized spacial score (nSPS) is 11.3. The Hall–Kier alpha value is -2.05. The molecule has 12 heteroatoms. The maximum Gasteiger partial charge on any atom is 1.00 e. The number of rotatable bonds is 6. The first-order valence-electron chi connectivity index (χ1n) is 10.7. The van der Waals surface area contributed by atoms with Crippen molar-refractivity contribution >= 4 is 66.0 Å². The van der Waals surface area contributed by atoms with E-state index >= 15 is 0 Å². The number of hydrogen-bond acceptors (Lipinski definition) is 6. The van der Waals surface area contributed by atoms with Gasteiger partial charge < -0.3 is 5.99 Å². The molecule has 184 valence electrons. The molecule has 0 saturated heterocycles. The molecule has 0 aliphatic carbocycles. The van der Waals surface area contributed by atoms with Crippen molar-refractivity contribution in [3.05, 3.63) is 98.7 Å². The summed E-state index contributed by atoms with van der Waals surface area (Å²) in [5.74, 6) is -0.133. The molecule has 0 aliphatic rings. The van der Waals surface area contributed by atoms with Crippen molar-refractivity contribution in [1.82, 2.24) is 19.3 Å². The van der Waals surface area contributed by atoms with Crippen LogP contribution in [0.1, 0.15) is 23.3 Å². The third-order valence-corrected chi connectivity index (χ3v) is 9.34. The summed E-state index contributed by atoms with van der Waals surface area (Å²) in [5.41, 5.74) is 3.95. The number of carbonyl (C=O) groups excluding carboxylic acids is 1. The van der Waals surface area contributed by atoms with Gasteiger partial charge in [0.2, 0.25) is 0 Å². The molecule has 5 aromatic rings. The van der Waals surface area contributed by atoms with Gasteiger partial charge in [0.1, 0.15) is 21.2 Å². The molecule has 0 radical (unpaired) electrons. The Bertz CT molecular complexity index is 1730. The first kappa shape index (κ1) is 28.0. The van der Waals surface area contributed by atoms with Gasteiger partial charge >= 0.3 is 29.6 Å². The quantitative estimate of drug-likeness (QED) is 0.293. The number of sulfonamides is 1. The van der Waals surface area contributed by atoms with Crippen molar-refractivity contribution in [1.29, 1.82) is 0 Å². The molecule has 7 nitrogen and oxygen atoms in total. The number of amides is 1. The summed E-state index contributed by atoms with van der Waals surface area (Å²) in [5, 5.41) is 0.597. The zero-order valence-electron chi connectivity index (χ0n) is 20.8. The van der Waals surface area contributed by atoms with Crippen LogP contribution < -0.4 is 34.3 Å². The summed E-state index contributed by atoms with van der Waals surface area (Å²) >= 11 is 10.9. The molecule has 37 heavy (non-hydrogen) atoms. The maximum atomic E-state index is 12.8. The second-order valence-corrected chi connectivity index (χ2v) is 12.7. The Labute approximate surface area is 254 Å². The molecule has 0 bridgehead atoms. The molecule has 2 aromatic carbocycles. The Morgan fingerprint density at radius 2 is 1.81 bits per heavy atom. The average molecular weight is 626 g/mol. The summed E-state index contributed by atoms with van der Waals surface area (Å²) < 4.78 is 29.7. The Balaban J connectivity index is 0.00000200. The second kappa shape index (κ2) is 11.4. The Morgan fingerprint density at radius 1 is 1.05 bits per heavy atom. The minimum absolute atomic E-state index is 0. The molecule has 0 fully saturated rings. The fourth-order valence-corrected chi connectivity index (χ4v) is 6.96.